The zero-order valence-corrected chi connectivity index (χ0v) is 6.38. The van der Waals surface area contributed by atoms with Crippen LogP contribution in [0.2, 0.25) is 0 Å². The average molecular weight is 145 g/mol. The zero-order valence-electron chi connectivity index (χ0n) is 6.38. The van der Waals surface area contributed by atoms with Crippen LogP contribution >= 0.6 is 0 Å². The standard InChI is InChI=1S/C7H15NO2/c1-6(8)4-10-7-2-3-9-5-7/h6-7H,2-5,8H2,1H3/t6-,7?/m0/s1. The summed E-state index contributed by atoms with van der Waals surface area (Å²) in [5.41, 5.74) is 5.50. The summed E-state index contributed by atoms with van der Waals surface area (Å²) in [5, 5.41) is 0. The number of nitrogens with two attached hydrogens (primary N) is 1. The maximum Gasteiger partial charge on any atom is 0.0831 e. The van der Waals surface area contributed by atoms with E-state index in [9.17, 15) is 0 Å². The van der Waals surface area contributed by atoms with E-state index in [0.29, 0.717) is 12.7 Å². The molecule has 0 bridgehead atoms. The highest BCUT2D eigenvalue weighted by Gasteiger charge is 2.15. The number of hydrogen-bond acceptors (Lipinski definition) is 3. The molecule has 1 fully saturated rings. The normalized spacial score (nSPS) is 28.8. The fraction of sp³-hybridized carbons (Fsp3) is 1.00. The molecular weight excluding hydrogens is 130 g/mol. The summed E-state index contributed by atoms with van der Waals surface area (Å²) >= 11 is 0. The van der Waals surface area contributed by atoms with Crippen LogP contribution in [0.3, 0.4) is 0 Å². The summed E-state index contributed by atoms with van der Waals surface area (Å²) in [7, 11) is 0. The van der Waals surface area contributed by atoms with Gasteiger partial charge in [-0.05, 0) is 13.3 Å². The van der Waals surface area contributed by atoms with E-state index >= 15 is 0 Å². The van der Waals surface area contributed by atoms with E-state index in [2.05, 4.69) is 0 Å². The van der Waals surface area contributed by atoms with Crippen LogP contribution in [0.15, 0.2) is 0 Å². The van der Waals surface area contributed by atoms with E-state index in [-0.39, 0.29) is 6.04 Å². The predicted molar refractivity (Wildman–Crippen MR) is 38.8 cm³/mol. The molecule has 1 aliphatic heterocycles. The molecule has 1 heterocycles. The SMILES string of the molecule is C[C@H](N)COC1CCOC1. The topological polar surface area (TPSA) is 44.5 Å². The first kappa shape index (κ1) is 7.98. The predicted octanol–water partition coefficient (Wildman–Crippen LogP) is 0.139. The van der Waals surface area contributed by atoms with Crippen molar-refractivity contribution in [3.05, 3.63) is 0 Å². The lowest BCUT2D eigenvalue weighted by atomic mass is 10.3. The van der Waals surface area contributed by atoms with Gasteiger partial charge in [-0.25, -0.2) is 0 Å². The first-order valence-corrected chi connectivity index (χ1v) is 3.74. The molecule has 1 unspecified atom stereocenters. The fourth-order valence-electron chi connectivity index (χ4n) is 0.932. The highest BCUT2D eigenvalue weighted by Crippen LogP contribution is 2.07. The second-order valence-corrected chi connectivity index (χ2v) is 2.80. The third kappa shape index (κ3) is 2.64. The first-order chi connectivity index (χ1) is 4.79. The largest absolute Gasteiger partial charge is 0.379 e. The van der Waals surface area contributed by atoms with Gasteiger partial charge in [0.1, 0.15) is 0 Å². The lowest BCUT2D eigenvalue weighted by Gasteiger charge is -2.11. The fourth-order valence-corrected chi connectivity index (χ4v) is 0.932. The molecule has 3 nitrogen and oxygen atoms in total. The Kier molecular flexibility index (Phi) is 3.12. The van der Waals surface area contributed by atoms with Gasteiger partial charge in [0.2, 0.25) is 0 Å². The average Bonchev–Trinajstić information content (AvgIpc) is 2.34. The van der Waals surface area contributed by atoms with Crippen LogP contribution in [0.5, 0.6) is 0 Å². The Balaban J connectivity index is 2.01. The van der Waals surface area contributed by atoms with Gasteiger partial charge in [-0.2, -0.15) is 0 Å². The van der Waals surface area contributed by atoms with Crippen LogP contribution in [0.1, 0.15) is 13.3 Å². The number of ether oxygens (including phenoxy) is 2. The van der Waals surface area contributed by atoms with Gasteiger partial charge >= 0.3 is 0 Å². The van der Waals surface area contributed by atoms with Gasteiger partial charge in [0.25, 0.3) is 0 Å². The Morgan fingerprint density at radius 2 is 2.60 bits per heavy atom. The van der Waals surface area contributed by atoms with Gasteiger partial charge in [0, 0.05) is 12.6 Å². The van der Waals surface area contributed by atoms with Crippen LogP contribution in [-0.4, -0.2) is 32.0 Å². The van der Waals surface area contributed by atoms with E-state index in [1.54, 1.807) is 0 Å². The molecule has 0 aromatic rings. The molecule has 60 valence electrons. The summed E-state index contributed by atoms with van der Waals surface area (Å²) < 4.78 is 10.5. The molecule has 1 rings (SSSR count). The molecule has 0 spiro atoms. The van der Waals surface area contributed by atoms with Crippen molar-refractivity contribution in [1.82, 2.24) is 0 Å². The van der Waals surface area contributed by atoms with Crippen LogP contribution in [-0.2, 0) is 9.47 Å². The van der Waals surface area contributed by atoms with Crippen LogP contribution in [0, 0.1) is 0 Å². The highest BCUT2D eigenvalue weighted by molar-refractivity contribution is 4.64. The summed E-state index contributed by atoms with van der Waals surface area (Å²) in [4.78, 5) is 0. The minimum Gasteiger partial charge on any atom is -0.379 e. The summed E-state index contributed by atoms with van der Waals surface area (Å²) in [6, 6.07) is 0.139. The van der Waals surface area contributed by atoms with Gasteiger partial charge in [0.05, 0.1) is 19.3 Å². The van der Waals surface area contributed by atoms with Crippen molar-refractivity contribution in [2.75, 3.05) is 19.8 Å². The quantitative estimate of drug-likeness (QED) is 0.614. The summed E-state index contributed by atoms with van der Waals surface area (Å²) in [6.45, 7) is 4.17. The van der Waals surface area contributed by atoms with Gasteiger partial charge in [-0.3, -0.25) is 0 Å². The van der Waals surface area contributed by atoms with E-state index in [0.717, 1.165) is 19.6 Å². The van der Waals surface area contributed by atoms with E-state index < -0.39 is 0 Å². The Bertz CT molecular complexity index is 89.6. The lowest BCUT2D eigenvalue weighted by Crippen LogP contribution is -2.26. The second-order valence-electron chi connectivity index (χ2n) is 2.80. The van der Waals surface area contributed by atoms with Gasteiger partial charge < -0.3 is 15.2 Å². The molecule has 2 N–H and O–H groups in total. The van der Waals surface area contributed by atoms with E-state index in [1.807, 2.05) is 6.92 Å². The summed E-state index contributed by atoms with van der Waals surface area (Å²) in [6.07, 6.45) is 1.32. The molecule has 10 heavy (non-hydrogen) atoms. The molecule has 0 saturated carbocycles. The monoisotopic (exact) mass is 145 g/mol. The van der Waals surface area contributed by atoms with Crippen LogP contribution < -0.4 is 5.73 Å². The maximum absolute atomic E-state index is 5.50. The van der Waals surface area contributed by atoms with Crippen molar-refractivity contribution in [1.29, 1.82) is 0 Å². The molecule has 2 atom stereocenters. The lowest BCUT2D eigenvalue weighted by molar-refractivity contribution is 0.0373. The van der Waals surface area contributed by atoms with Crippen molar-refractivity contribution in [3.8, 4) is 0 Å². The molecule has 0 aliphatic carbocycles. The van der Waals surface area contributed by atoms with E-state index in [1.165, 1.54) is 0 Å². The number of rotatable bonds is 3. The minimum atomic E-state index is 0.139. The molecular formula is C7H15NO2. The summed E-state index contributed by atoms with van der Waals surface area (Å²) in [5.74, 6) is 0. The van der Waals surface area contributed by atoms with Gasteiger partial charge in [-0.15, -0.1) is 0 Å². The Hall–Kier alpha value is -0.120. The van der Waals surface area contributed by atoms with Gasteiger partial charge in [0.15, 0.2) is 0 Å². The number of hydrogen-bond donors (Lipinski definition) is 1. The molecule has 3 heteroatoms. The highest BCUT2D eigenvalue weighted by atomic mass is 16.5. The first-order valence-electron chi connectivity index (χ1n) is 3.74. The van der Waals surface area contributed by atoms with Crippen LogP contribution in [0.4, 0.5) is 0 Å². The smallest absolute Gasteiger partial charge is 0.0831 e. The van der Waals surface area contributed by atoms with Crippen LogP contribution in [0.25, 0.3) is 0 Å². The molecule has 0 amide bonds. The molecule has 1 aliphatic rings. The van der Waals surface area contributed by atoms with Gasteiger partial charge in [-0.1, -0.05) is 0 Å². The van der Waals surface area contributed by atoms with Crippen molar-refractivity contribution in [3.63, 3.8) is 0 Å². The Labute approximate surface area is 61.5 Å². The van der Waals surface area contributed by atoms with E-state index in [4.69, 9.17) is 15.2 Å². The maximum atomic E-state index is 5.50. The second kappa shape index (κ2) is 3.91. The van der Waals surface area contributed by atoms with Crippen molar-refractivity contribution >= 4 is 0 Å². The Morgan fingerprint density at radius 3 is 3.10 bits per heavy atom. The third-order valence-electron chi connectivity index (χ3n) is 1.48. The zero-order chi connectivity index (χ0) is 7.40. The third-order valence-corrected chi connectivity index (χ3v) is 1.48. The van der Waals surface area contributed by atoms with Crippen molar-refractivity contribution in [2.24, 2.45) is 5.73 Å². The minimum absolute atomic E-state index is 0.139. The molecule has 0 radical (unpaired) electrons. The van der Waals surface area contributed by atoms with Crippen molar-refractivity contribution in [2.45, 2.75) is 25.5 Å². The molecule has 1 saturated heterocycles. The van der Waals surface area contributed by atoms with Crippen molar-refractivity contribution < 1.29 is 9.47 Å². The molecule has 0 aromatic carbocycles. The Morgan fingerprint density at radius 1 is 1.80 bits per heavy atom. The molecule has 0 aromatic heterocycles.